The van der Waals surface area contributed by atoms with Crippen molar-refractivity contribution >= 4 is 5.97 Å². The van der Waals surface area contributed by atoms with Gasteiger partial charge in [0.2, 0.25) is 0 Å². The van der Waals surface area contributed by atoms with Crippen molar-refractivity contribution in [3.63, 3.8) is 0 Å². The number of fused-ring (bicyclic) bond motifs is 1. The van der Waals surface area contributed by atoms with Crippen molar-refractivity contribution in [3.05, 3.63) is 23.3 Å². The monoisotopic (exact) mass is 362 g/mol. The highest BCUT2D eigenvalue weighted by molar-refractivity contribution is 5.69. The molecule has 1 N–H and O–H groups in total. The van der Waals surface area contributed by atoms with Crippen LogP contribution in [0.25, 0.3) is 0 Å². The first-order valence-electron chi connectivity index (χ1n) is 9.60. The van der Waals surface area contributed by atoms with Crippen molar-refractivity contribution in [1.82, 2.24) is 0 Å². The molecular formula is C22H34O4. The van der Waals surface area contributed by atoms with Crippen LogP contribution >= 0.6 is 0 Å². The SMILES string of the molecule is COC(=O)CCCC(C)(C)c1cc2c(cc1O)C(C(C)C)CC(C)(C)O2. The van der Waals surface area contributed by atoms with E-state index in [1.54, 1.807) is 0 Å². The Morgan fingerprint density at radius 1 is 1.38 bits per heavy atom. The second-order valence-electron chi connectivity index (χ2n) is 9.14. The summed E-state index contributed by atoms with van der Waals surface area (Å²) >= 11 is 0. The highest BCUT2D eigenvalue weighted by Gasteiger charge is 2.37. The fourth-order valence-electron chi connectivity index (χ4n) is 3.99. The minimum atomic E-state index is -0.259. The molecule has 4 heteroatoms. The Balaban J connectivity index is 2.33. The molecule has 0 saturated heterocycles. The minimum absolute atomic E-state index is 0.194. The van der Waals surface area contributed by atoms with Crippen LogP contribution < -0.4 is 4.74 Å². The average Bonchev–Trinajstić information content (AvgIpc) is 2.52. The summed E-state index contributed by atoms with van der Waals surface area (Å²) in [5, 5.41) is 10.7. The molecule has 0 aromatic heterocycles. The summed E-state index contributed by atoms with van der Waals surface area (Å²) in [6, 6.07) is 3.91. The highest BCUT2D eigenvalue weighted by Crippen LogP contribution is 2.48. The van der Waals surface area contributed by atoms with Gasteiger partial charge in [-0.3, -0.25) is 4.79 Å². The molecule has 0 amide bonds. The first-order chi connectivity index (χ1) is 12.0. The van der Waals surface area contributed by atoms with Crippen molar-refractivity contribution in [2.75, 3.05) is 7.11 Å². The number of carbonyl (C=O) groups is 1. The quantitative estimate of drug-likeness (QED) is 0.696. The lowest BCUT2D eigenvalue weighted by Crippen LogP contribution is -2.36. The van der Waals surface area contributed by atoms with Gasteiger partial charge < -0.3 is 14.6 Å². The van der Waals surface area contributed by atoms with Gasteiger partial charge >= 0.3 is 5.97 Å². The molecule has 0 spiro atoms. The van der Waals surface area contributed by atoms with Gasteiger partial charge in [0.15, 0.2) is 0 Å². The number of phenolic OH excluding ortho intramolecular Hbond substituents is 1. The number of rotatable bonds is 6. The molecular weight excluding hydrogens is 328 g/mol. The second kappa shape index (κ2) is 7.50. The molecule has 26 heavy (non-hydrogen) atoms. The number of hydrogen-bond donors (Lipinski definition) is 1. The molecule has 0 fully saturated rings. The number of ether oxygens (including phenoxy) is 2. The summed E-state index contributed by atoms with van der Waals surface area (Å²) in [5.74, 6) is 1.86. The fraction of sp³-hybridized carbons (Fsp3) is 0.682. The summed E-state index contributed by atoms with van der Waals surface area (Å²) in [4.78, 5) is 11.4. The van der Waals surface area contributed by atoms with Crippen molar-refractivity contribution < 1.29 is 19.4 Å². The number of methoxy groups -OCH3 is 1. The van der Waals surface area contributed by atoms with Gasteiger partial charge in [-0.15, -0.1) is 0 Å². The normalized spacial score (nSPS) is 19.0. The Morgan fingerprint density at radius 2 is 2.04 bits per heavy atom. The molecule has 1 aromatic rings. The Labute approximate surface area is 157 Å². The Morgan fingerprint density at radius 3 is 2.62 bits per heavy atom. The second-order valence-corrected chi connectivity index (χ2v) is 9.14. The third-order valence-electron chi connectivity index (χ3n) is 5.57. The molecule has 0 aliphatic carbocycles. The highest BCUT2D eigenvalue weighted by atomic mass is 16.5. The minimum Gasteiger partial charge on any atom is -0.508 e. The van der Waals surface area contributed by atoms with Crippen LogP contribution in [0.3, 0.4) is 0 Å². The van der Waals surface area contributed by atoms with Gasteiger partial charge in [0.25, 0.3) is 0 Å². The largest absolute Gasteiger partial charge is 0.508 e. The van der Waals surface area contributed by atoms with E-state index in [2.05, 4.69) is 41.5 Å². The first kappa shape index (κ1) is 20.6. The third-order valence-corrected chi connectivity index (χ3v) is 5.57. The number of phenols is 1. The van der Waals surface area contributed by atoms with E-state index >= 15 is 0 Å². The molecule has 4 nitrogen and oxygen atoms in total. The van der Waals surface area contributed by atoms with Crippen molar-refractivity contribution in [1.29, 1.82) is 0 Å². The molecule has 1 unspecified atom stereocenters. The lowest BCUT2D eigenvalue weighted by Gasteiger charge is -2.40. The standard InChI is InChI=1S/C22H34O4/c1-14(2)16-13-22(5,6)26-19-12-17(18(23)11-15(16)19)21(3,4)10-8-9-20(24)25-7/h11-12,14,16,23H,8-10,13H2,1-7H3. The van der Waals surface area contributed by atoms with Gasteiger partial charge in [0.05, 0.1) is 7.11 Å². The van der Waals surface area contributed by atoms with Crippen LogP contribution in [0.4, 0.5) is 0 Å². The fourth-order valence-corrected chi connectivity index (χ4v) is 3.99. The van der Waals surface area contributed by atoms with E-state index in [1.807, 2.05) is 12.1 Å². The number of hydrogen-bond acceptors (Lipinski definition) is 4. The van der Waals surface area contributed by atoms with E-state index in [0.29, 0.717) is 24.0 Å². The van der Waals surface area contributed by atoms with Crippen LogP contribution in [0.2, 0.25) is 0 Å². The number of esters is 1. The van der Waals surface area contributed by atoms with Crippen molar-refractivity contribution in [2.24, 2.45) is 5.92 Å². The lowest BCUT2D eigenvalue weighted by molar-refractivity contribution is -0.140. The molecule has 0 radical (unpaired) electrons. The molecule has 0 bridgehead atoms. The Hall–Kier alpha value is -1.71. The first-order valence-corrected chi connectivity index (χ1v) is 9.60. The van der Waals surface area contributed by atoms with Gasteiger partial charge in [-0.2, -0.15) is 0 Å². The van der Waals surface area contributed by atoms with E-state index < -0.39 is 0 Å². The van der Waals surface area contributed by atoms with Gasteiger partial charge in [0.1, 0.15) is 17.1 Å². The zero-order chi connectivity index (χ0) is 19.7. The summed E-state index contributed by atoms with van der Waals surface area (Å²) in [7, 11) is 1.41. The summed E-state index contributed by atoms with van der Waals surface area (Å²) in [6.07, 6.45) is 2.84. The molecule has 1 aliphatic heterocycles. The van der Waals surface area contributed by atoms with Crippen LogP contribution in [0.1, 0.15) is 84.3 Å². The summed E-state index contributed by atoms with van der Waals surface area (Å²) in [6.45, 7) is 12.9. The smallest absolute Gasteiger partial charge is 0.305 e. The zero-order valence-corrected chi connectivity index (χ0v) is 17.3. The molecule has 1 aromatic carbocycles. The molecule has 1 heterocycles. The predicted octanol–water partition coefficient (Wildman–Crippen LogP) is 5.31. The third kappa shape index (κ3) is 4.52. The number of carbonyl (C=O) groups excluding carboxylic acids is 1. The lowest BCUT2D eigenvalue weighted by atomic mass is 9.74. The van der Waals surface area contributed by atoms with E-state index in [1.165, 1.54) is 7.11 Å². The maximum absolute atomic E-state index is 11.4. The van der Waals surface area contributed by atoms with Gasteiger partial charge in [0, 0.05) is 17.5 Å². The van der Waals surface area contributed by atoms with Crippen molar-refractivity contribution in [3.8, 4) is 11.5 Å². The van der Waals surface area contributed by atoms with E-state index in [-0.39, 0.29) is 17.0 Å². The Kier molecular flexibility index (Phi) is 5.94. The zero-order valence-electron chi connectivity index (χ0n) is 17.3. The van der Waals surface area contributed by atoms with Crippen molar-refractivity contribution in [2.45, 2.75) is 84.2 Å². The predicted molar refractivity (Wildman–Crippen MR) is 104 cm³/mol. The summed E-state index contributed by atoms with van der Waals surface area (Å²) in [5.41, 5.74) is 1.50. The number of aromatic hydroxyl groups is 1. The van der Waals surface area contributed by atoms with Crippen LogP contribution in [0, 0.1) is 5.92 Å². The maximum atomic E-state index is 11.4. The molecule has 2 rings (SSSR count). The van der Waals surface area contributed by atoms with E-state index in [4.69, 9.17) is 9.47 Å². The van der Waals surface area contributed by atoms with Gasteiger partial charge in [-0.25, -0.2) is 0 Å². The van der Waals surface area contributed by atoms with Crippen LogP contribution in [0.15, 0.2) is 12.1 Å². The van der Waals surface area contributed by atoms with Gasteiger partial charge in [-0.05, 0) is 62.5 Å². The topological polar surface area (TPSA) is 55.8 Å². The number of benzene rings is 1. The van der Waals surface area contributed by atoms with Crippen LogP contribution in [-0.4, -0.2) is 23.8 Å². The maximum Gasteiger partial charge on any atom is 0.305 e. The molecule has 0 saturated carbocycles. The average molecular weight is 363 g/mol. The van der Waals surface area contributed by atoms with Gasteiger partial charge in [-0.1, -0.05) is 27.7 Å². The van der Waals surface area contributed by atoms with E-state index in [0.717, 1.165) is 36.1 Å². The molecule has 146 valence electrons. The summed E-state index contributed by atoms with van der Waals surface area (Å²) < 4.78 is 11.0. The van der Waals surface area contributed by atoms with Crippen LogP contribution in [-0.2, 0) is 14.9 Å². The molecule has 1 atom stereocenters. The van der Waals surface area contributed by atoms with E-state index in [9.17, 15) is 9.90 Å². The Bertz CT molecular complexity index is 658. The molecule has 1 aliphatic rings. The van der Waals surface area contributed by atoms with Crippen LogP contribution in [0.5, 0.6) is 11.5 Å².